The molecule has 0 spiro atoms. The summed E-state index contributed by atoms with van der Waals surface area (Å²) >= 11 is -0.0454. The zero-order chi connectivity index (χ0) is 14.7. The summed E-state index contributed by atoms with van der Waals surface area (Å²) in [5, 5.41) is 0. The predicted octanol–water partition coefficient (Wildman–Crippen LogP) is -0.115. The molecule has 0 aromatic heterocycles. The Balaban J connectivity index is 0.00000121. The second-order valence-electron chi connectivity index (χ2n) is 6.93. The molecule has 3 aliphatic rings. The minimum Gasteiger partial charge on any atom is -1.00 e. The summed E-state index contributed by atoms with van der Waals surface area (Å²) < 4.78 is 3.66. The van der Waals surface area contributed by atoms with Crippen LogP contribution in [0.3, 0.4) is 0 Å². The summed E-state index contributed by atoms with van der Waals surface area (Å²) in [6.45, 7) is 14.4. The second-order valence-corrected chi connectivity index (χ2v) is 9.21. The summed E-state index contributed by atoms with van der Waals surface area (Å²) in [5.41, 5.74) is 10.5. The van der Waals surface area contributed by atoms with E-state index < -0.39 is 0 Å². The molecule has 0 unspecified atom stereocenters. The summed E-state index contributed by atoms with van der Waals surface area (Å²) in [4.78, 5) is 0. The van der Waals surface area contributed by atoms with Crippen LogP contribution < -0.4 is 24.8 Å². The molecular formula is C19H26Cl2Ti. The Morgan fingerprint density at radius 1 is 0.818 bits per heavy atom. The summed E-state index contributed by atoms with van der Waals surface area (Å²) in [5.74, 6) is 0. The molecule has 2 aliphatic carbocycles. The quantitative estimate of drug-likeness (QED) is 0.593. The molecule has 0 N–H and O–H groups in total. The van der Waals surface area contributed by atoms with E-state index in [9.17, 15) is 0 Å². The topological polar surface area (TPSA) is 0 Å². The van der Waals surface area contributed by atoms with Gasteiger partial charge in [0.1, 0.15) is 0 Å². The molecule has 22 heavy (non-hydrogen) atoms. The average Bonchev–Trinajstić information content (AvgIpc) is 2.90. The number of allylic oxidation sites excluding steroid dienone is 8. The molecule has 0 atom stereocenters. The SMILES string of the molecule is CCC1=C2C[C](=C1C)[Ti+2][C]1=C(C)C(CC)=C(C1)C2(C)C.[Cl-].[Cl-]. The first kappa shape index (κ1) is 20.3. The standard InChI is InChI=1S/C19H26.2ClH.Ti/c1-7-15-13(3)9-11-17(15)19(5,6)18-12-10-14(4)16(18)8-2;;;/h7-8,11-12H2,1-6H3;2*1H;/q;;;+2/p-2. The van der Waals surface area contributed by atoms with Crippen molar-refractivity contribution in [1.82, 2.24) is 0 Å². The van der Waals surface area contributed by atoms with E-state index in [-0.39, 0.29) is 49.4 Å². The maximum Gasteiger partial charge on any atom is -1.00 e. The first-order chi connectivity index (χ1) is 9.41. The van der Waals surface area contributed by atoms with Gasteiger partial charge in [-0.3, -0.25) is 0 Å². The number of hydrogen-bond acceptors (Lipinski definition) is 0. The van der Waals surface area contributed by atoms with Gasteiger partial charge in [-0.2, -0.15) is 0 Å². The maximum atomic E-state index is 2.49. The second kappa shape index (κ2) is 7.02. The van der Waals surface area contributed by atoms with Crippen molar-refractivity contribution in [3.8, 4) is 0 Å². The molecule has 1 saturated heterocycles. The third kappa shape index (κ3) is 2.75. The van der Waals surface area contributed by atoms with Gasteiger partial charge in [-0.15, -0.1) is 0 Å². The van der Waals surface area contributed by atoms with E-state index in [1.807, 2.05) is 7.76 Å². The van der Waals surface area contributed by atoms with E-state index in [1.54, 1.807) is 33.4 Å². The van der Waals surface area contributed by atoms with E-state index in [1.165, 1.54) is 25.7 Å². The molecule has 1 fully saturated rings. The Bertz CT molecular complexity index is 563. The third-order valence-corrected chi connectivity index (χ3v) is 8.43. The predicted molar refractivity (Wildman–Crippen MR) is 83.0 cm³/mol. The van der Waals surface area contributed by atoms with Gasteiger partial charge in [0, 0.05) is 0 Å². The monoisotopic (exact) mass is 372 g/mol. The fourth-order valence-electron chi connectivity index (χ4n) is 4.44. The Morgan fingerprint density at radius 2 is 1.18 bits per heavy atom. The molecule has 4 bridgehead atoms. The van der Waals surface area contributed by atoms with Crippen LogP contribution in [0.15, 0.2) is 41.2 Å². The van der Waals surface area contributed by atoms with E-state index in [4.69, 9.17) is 0 Å². The minimum absolute atomic E-state index is 0. The van der Waals surface area contributed by atoms with Gasteiger partial charge in [-0.1, -0.05) is 0 Å². The van der Waals surface area contributed by atoms with Crippen molar-refractivity contribution in [2.24, 2.45) is 5.41 Å². The first-order valence-corrected chi connectivity index (χ1v) is 9.60. The molecule has 0 radical (unpaired) electrons. The van der Waals surface area contributed by atoms with Crippen LogP contribution in [0.5, 0.6) is 0 Å². The Kier molecular flexibility index (Phi) is 6.47. The molecule has 0 saturated carbocycles. The molecule has 3 rings (SSSR count). The van der Waals surface area contributed by atoms with Crippen molar-refractivity contribution in [1.29, 1.82) is 0 Å². The minimum atomic E-state index is -0.0454. The van der Waals surface area contributed by atoms with Gasteiger partial charge in [0.15, 0.2) is 0 Å². The van der Waals surface area contributed by atoms with Gasteiger partial charge in [-0.05, 0) is 0 Å². The number of fused-ring (bicyclic) bond motifs is 4. The van der Waals surface area contributed by atoms with Gasteiger partial charge in [-0.25, -0.2) is 0 Å². The zero-order valence-electron chi connectivity index (χ0n) is 14.6. The van der Waals surface area contributed by atoms with Crippen LogP contribution in [0.2, 0.25) is 0 Å². The fourth-order valence-corrected chi connectivity index (χ4v) is 6.90. The van der Waals surface area contributed by atoms with Gasteiger partial charge in [0.2, 0.25) is 0 Å². The zero-order valence-corrected chi connectivity index (χ0v) is 17.7. The Hall–Kier alpha value is 0.254. The van der Waals surface area contributed by atoms with Gasteiger partial charge < -0.3 is 24.8 Å². The molecular weight excluding hydrogens is 347 g/mol. The normalized spacial score (nSPS) is 21.9. The van der Waals surface area contributed by atoms with Crippen LogP contribution in [-0.2, 0) is 19.2 Å². The maximum absolute atomic E-state index is 2.49. The number of halogens is 2. The van der Waals surface area contributed by atoms with Crippen molar-refractivity contribution < 1.29 is 44.0 Å². The van der Waals surface area contributed by atoms with Gasteiger partial charge in [0.25, 0.3) is 0 Å². The van der Waals surface area contributed by atoms with Crippen molar-refractivity contribution in [3.63, 3.8) is 0 Å². The smallest absolute Gasteiger partial charge is 1.00 e. The molecule has 3 heteroatoms. The fraction of sp³-hybridized carbons (Fsp3) is 0.579. The number of hydrogen-bond donors (Lipinski definition) is 0. The van der Waals surface area contributed by atoms with Crippen LogP contribution in [0.4, 0.5) is 0 Å². The van der Waals surface area contributed by atoms with Crippen molar-refractivity contribution in [3.05, 3.63) is 41.2 Å². The third-order valence-electron chi connectivity index (χ3n) is 5.76. The summed E-state index contributed by atoms with van der Waals surface area (Å²) in [6, 6.07) is 0. The van der Waals surface area contributed by atoms with E-state index in [2.05, 4.69) is 41.5 Å². The van der Waals surface area contributed by atoms with Crippen LogP contribution in [-0.4, -0.2) is 0 Å². The molecule has 1 aliphatic heterocycles. The van der Waals surface area contributed by atoms with Crippen molar-refractivity contribution >= 4 is 0 Å². The first-order valence-electron chi connectivity index (χ1n) is 8.04. The Morgan fingerprint density at radius 3 is 1.50 bits per heavy atom. The molecule has 0 aromatic carbocycles. The largest absolute Gasteiger partial charge is 1.00 e. The van der Waals surface area contributed by atoms with Crippen LogP contribution in [0.1, 0.15) is 67.2 Å². The van der Waals surface area contributed by atoms with Crippen LogP contribution in [0, 0.1) is 5.41 Å². The van der Waals surface area contributed by atoms with Crippen molar-refractivity contribution in [2.75, 3.05) is 0 Å². The van der Waals surface area contributed by atoms with Gasteiger partial charge >= 0.3 is 133 Å². The summed E-state index contributed by atoms with van der Waals surface area (Å²) in [7, 11) is 0. The molecule has 0 nitrogen and oxygen atoms in total. The number of rotatable bonds is 2. The molecule has 0 amide bonds. The van der Waals surface area contributed by atoms with Gasteiger partial charge in [0.05, 0.1) is 0 Å². The van der Waals surface area contributed by atoms with Crippen LogP contribution >= 0.6 is 0 Å². The molecule has 1 heterocycles. The average molecular weight is 373 g/mol. The molecule has 0 aromatic rings. The summed E-state index contributed by atoms with van der Waals surface area (Å²) in [6.07, 6.45) is 5.01. The van der Waals surface area contributed by atoms with E-state index in [0.717, 1.165) is 0 Å². The van der Waals surface area contributed by atoms with Crippen LogP contribution in [0.25, 0.3) is 0 Å². The van der Waals surface area contributed by atoms with Crippen molar-refractivity contribution in [2.45, 2.75) is 67.2 Å². The molecule has 120 valence electrons. The Labute approximate surface area is 157 Å². The van der Waals surface area contributed by atoms with E-state index >= 15 is 0 Å². The van der Waals surface area contributed by atoms with E-state index in [0.29, 0.717) is 0 Å².